The van der Waals surface area contributed by atoms with Crippen LogP contribution < -0.4 is 5.32 Å². The maximum atomic E-state index is 12.8. The molecule has 0 aromatic carbocycles. The van der Waals surface area contributed by atoms with Crippen molar-refractivity contribution in [2.45, 2.75) is 84.7 Å². The highest BCUT2D eigenvalue weighted by atomic mass is 32.2. The molecule has 0 aliphatic carbocycles. The molecule has 1 saturated heterocycles. The number of nitrogens with one attached hydrogen (secondary N) is 1. The van der Waals surface area contributed by atoms with Crippen molar-refractivity contribution in [3.05, 3.63) is 0 Å². The van der Waals surface area contributed by atoms with E-state index in [1.807, 2.05) is 34.6 Å². The van der Waals surface area contributed by atoms with E-state index in [1.54, 1.807) is 16.7 Å². The number of carbonyl (C=O) groups is 2. The van der Waals surface area contributed by atoms with Gasteiger partial charge in [0.05, 0.1) is 4.75 Å². The minimum Gasteiger partial charge on any atom is -0.444 e. The summed E-state index contributed by atoms with van der Waals surface area (Å²) < 4.78 is 4.86. The predicted molar refractivity (Wildman–Crippen MR) is 117 cm³/mol. The van der Waals surface area contributed by atoms with Crippen LogP contribution in [0.5, 0.6) is 0 Å². The van der Waals surface area contributed by atoms with E-state index >= 15 is 0 Å². The second-order valence-electron chi connectivity index (χ2n) is 10.6. The zero-order valence-electron chi connectivity index (χ0n) is 19.1. The lowest BCUT2D eigenvalue weighted by molar-refractivity contribution is -0.121. The van der Waals surface area contributed by atoms with Gasteiger partial charge < -0.3 is 19.8 Å². The molecule has 2 amide bonds. The van der Waals surface area contributed by atoms with Gasteiger partial charge in [-0.25, -0.2) is 4.79 Å². The minimum atomic E-state index is -0.596. The lowest BCUT2D eigenvalue weighted by Gasteiger charge is -2.26. The van der Waals surface area contributed by atoms with E-state index in [9.17, 15) is 9.59 Å². The number of hydrogen-bond donors (Lipinski definition) is 1. The molecule has 166 valence electrons. The van der Waals surface area contributed by atoms with Gasteiger partial charge in [-0.2, -0.15) is 0 Å². The molecule has 1 N–H and O–H groups in total. The average Bonchev–Trinajstić information content (AvgIpc) is 3.20. The molecular formula is C21H37N3O4S. The van der Waals surface area contributed by atoms with E-state index in [4.69, 9.17) is 9.57 Å². The third kappa shape index (κ3) is 7.08. The Bertz CT molecular complexity index is 649. The minimum absolute atomic E-state index is 0.0223. The van der Waals surface area contributed by atoms with Gasteiger partial charge in [0.15, 0.2) is 5.84 Å². The molecule has 0 radical (unpaired) electrons. The Morgan fingerprint density at radius 3 is 2.41 bits per heavy atom. The standard InChI is InChI=1S/C21H37N3O4S/c1-19(2,3)15-11-16(23-28-15)22-17(25)21(7,8)29-13-14-9-10-24(12-14)18(26)27-20(4,5)6/h14-15H,9-13H2,1-8H3,(H,22,23,25). The van der Waals surface area contributed by atoms with Crippen LogP contribution in [0.4, 0.5) is 4.79 Å². The first-order valence-corrected chi connectivity index (χ1v) is 11.3. The van der Waals surface area contributed by atoms with Crippen LogP contribution in [0.3, 0.4) is 0 Å². The molecule has 7 nitrogen and oxygen atoms in total. The van der Waals surface area contributed by atoms with E-state index in [-0.39, 0.29) is 23.5 Å². The van der Waals surface area contributed by atoms with Gasteiger partial charge in [-0.05, 0) is 52.7 Å². The van der Waals surface area contributed by atoms with Gasteiger partial charge >= 0.3 is 6.09 Å². The summed E-state index contributed by atoms with van der Waals surface area (Å²) in [6.45, 7) is 17.1. The third-order valence-corrected chi connectivity index (χ3v) is 6.60. The zero-order valence-corrected chi connectivity index (χ0v) is 19.9. The van der Waals surface area contributed by atoms with E-state index in [1.165, 1.54) is 0 Å². The van der Waals surface area contributed by atoms with Crippen molar-refractivity contribution in [1.82, 2.24) is 10.2 Å². The number of amides is 2. The molecule has 2 aliphatic rings. The van der Waals surface area contributed by atoms with Crippen molar-refractivity contribution in [2.24, 2.45) is 16.5 Å². The number of ether oxygens (including phenoxy) is 1. The summed E-state index contributed by atoms with van der Waals surface area (Å²) >= 11 is 1.61. The summed E-state index contributed by atoms with van der Waals surface area (Å²) in [5, 5.41) is 6.98. The fourth-order valence-corrected chi connectivity index (χ4v) is 4.16. The van der Waals surface area contributed by atoms with Crippen LogP contribution in [0.1, 0.15) is 68.2 Å². The number of carbonyl (C=O) groups excluding carboxylic acids is 2. The van der Waals surface area contributed by atoms with Gasteiger partial charge in [-0.1, -0.05) is 25.9 Å². The Kier molecular flexibility index (Phi) is 7.18. The maximum absolute atomic E-state index is 12.8. The SMILES string of the molecule is CC(C)(C)OC(=O)N1CCC(CSC(C)(C)C(=O)NC2=NOC(C(C)(C)C)C2)C1. The first-order chi connectivity index (χ1) is 13.2. The lowest BCUT2D eigenvalue weighted by atomic mass is 9.87. The van der Waals surface area contributed by atoms with Crippen molar-refractivity contribution in [1.29, 1.82) is 0 Å². The number of likely N-dealkylation sites (tertiary alicyclic amines) is 1. The van der Waals surface area contributed by atoms with Gasteiger partial charge in [0, 0.05) is 24.9 Å². The van der Waals surface area contributed by atoms with E-state index in [0.717, 1.165) is 12.2 Å². The van der Waals surface area contributed by atoms with Crippen LogP contribution in [0.15, 0.2) is 5.16 Å². The number of oxime groups is 1. The highest BCUT2D eigenvalue weighted by Gasteiger charge is 2.37. The molecule has 0 aromatic heterocycles. The van der Waals surface area contributed by atoms with Crippen LogP contribution in [-0.4, -0.2) is 58.0 Å². The third-order valence-electron chi connectivity index (χ3n) is 5.06. The second kappa shape index (κ2) is 8.74. The quantitative estimate of drug-likeness (QED) is 0.733. The molecule has 2 heterocycles. The van der Waals surface area contributed by atoms with Gasteiger partial charge in [-0.15, -0.1) is 11.8 Å². The molecule has 2 atom stereocenters. The summed E-state index contributed by atoms with van der Waals surface area (Å²) in [5.74, 6) is 1.70. The molecule has 0 saturated carbocycles. The molecule has 2 unspecified atom stereocenters. The Morgan fingerprint density at radius 2 is 1.86 bits per heavy atom. The van der Waals surface area contributed by atoms with Crippen molar-refractivity contribution < 1.29 is 19.2 Å². The van der Waals surface area contributed by atoms with E-state index in [2.05, 4.69) is 31.2 Å². The monoisotopic (exact) mass is 427 g/mol. The fraction of sp³-hybridized carbons (Fsp3) is 0.857. The summed E-state index contributed by atoms with van der Waals surface area (Å²) in [5.41, 5.74) is -0.509. The van der Waals surface area contributed by atoms with Crippen molar-refractivity contribution in [2.75, 3.05) is 18.8 Å². The molecule has 0 spiro atoms. The van der Waals surface area contributed by atoms with Crippen molar-refractivity contribution in [3.63, 3.8) is 0 Å². The number of hydrogen-bond acceptors (Lipinski definition) is 6. The molecule has 29 heavy (non-hydrogen) atoms. The van der Waals surface area contributed by atoms with E-state index in [0.29, 0.717) is 31.3 Å². The number of nitrogens with zero attached hydrogens (tertiary/aromatic N) is 2. The van der Waals surface area contributed by atoms with Crippen LogP contribution in [0, 0.1) is 11.3 Å². The van der Waals surface area contributed by atoms with Crippen LogP contribution >= 0.6 is 11.8 Å². The van der Waals surface area contributed by atoms with Crippen molar-refractivity contribution in [3.8, 4) is 0 Å². The van der Waals surface area contributed by atoms with Crippen LogP contribution in [0.25, 0.3) is 0 Å². The van der Waals surface area contributed by atoms with Crippen LogP contribution in [-0.2, 0) is 14.4 Å². The predicted octanol–water partition coefficient (Wildman–Crippen LogP) is 4.02. The summed E-state index contributed by atoms with van der Waals surface area (Å²) in [6, 6.07) is 0. The first-order valence-electron chi connectivity index (χ1n) is 10.3. The highest BCUT2D eigenvalue weighted by Crippen LogP contribution is 2.32. The Balaban J connectivity index is 1.78. The Morgan fingerprint density at radius 1 is 1.21 bits per heavy atom. The summed E-state index contributed by atoms with van der Waals surface area (Å²) in [4.78, 5) is 32.2. The lowest BCUT2D eigenvalue weighted by Crippen LogP contribution is -2.43. The van der Waals surface area contributed by atoms with Gasteiger partial charge in [0.2, 0.25) is 5.91 Å². The fourth-order valence-electron chi connectivity index (χ4n) is 3.05. The normalized spacial score (nSPS) is 22.9. The molecule has 0 aromatic rings. The molecule has 1 fully saturated rings. The second-order valence-corrected chi connectivity index (χ2v) is 12.2. The number of thioether (sulfide) groups is 1. The van der Waals surface area contributed by atoms with Gasteiger partial charge in [-0.3, -0.25) is 4.79 Å². The topological polar surface area (TPSA) is 80.2 Å². The zero-order chi connectivity index (χ0) is 22.0. The first kappa shape index (κ1) is 23.8. The summed E-state index contributed by atoms with van der Waals surface area (Å²) in [6.07, 6.45) is 1.27. The maximum Gasteiger partial charge on any atom is 0.410 e. The number of amidine groups is 1. The molecule has 2 aliphatic heterocycles. The Labute approximate surface area is 179 Å². The van der Waals surface area contributed by atoms with Gasteiger partial charge in [0.25, 0.3) is 0 Å². The largest absolute Gasteiger partial charge is 0.444 e. The molecule has 0 bridgehead atoms. The summed E-state index contributed by atoms with van der Waals surface area (Å²) in [7, 11) is 0. The van der Waals surface area contributed by atoms with Crippen molar-refractivity contribution >= 4 is 29.6 Å². The highest BCUT2D eigenvalue weighted by molar-refractivity contribution is 8.01. The molecule has 2 rings (SSSR count). The molecule has 8 heteroatoms. The van der Waals surface area contributed by atoms with Gasteiger partial charge in [0.1, 0.15) is 11.7 Å². The number of rotatable bonds is 4. The smallest absolute Gasteiger partial charge is 0.410 e. The molecular weight excluding hydrogens is 390 g/mol. The average molecular weight is 428 g/mol. The van der Waals surface area contributed by atoms with E-state index < -0.39 is 10.3 Å². The Hall–Kier alpha value is -1.44. The van der Waals surface area contributed by atoms with Crippen LogP contribution in [0.2, 0.25) is 0 Å².